The van der Waals surface area contributed by atoms with Gasteiger partial charge >= 0.3 is 0 Å². The Kier molecular flexibility index (Phi) is 11.3. The molecular formula is C21H35NO. The molecule has 0 spiro atoms. The standard InChI is InChI=1S/C21H35NO/c1-3-4-5-6-7-8-9-10-14-17-21(23)22-19(2)18-20-15-12-11-13-16-20/h11-13,15-16,19H,3-10,14,17-18H2,1-2H3,(H,22,23)/t19-/m0/s1. The van der Waals surface area contributed by atoms with Crippen molar-refractivity contribution < 1.29 is 4.79 Å². The third-order valence-electron chi connectivity index (χ3n) is 4.30. The van der Waals surface area contributed by atoms with Crippen molar-refractivity contribution >= 4 is 5.91 Å². The smallest absolute Gasteiger partial charge is 0.220 e. The van der Waals surface area contributed by atoms with Gasteiger partial charge in [-0.25, -0.2) is 0 Å². The fourth-order valence-corrected chi connectivity index (χ4v) is 2.96. The first-order valence-electron chi connectivity index (χ1n) is 9.55. The molecular weight excluding hydrogens is 282 g/mol. The summed E-state index contributed by atoms with van der Waals surface area (Å²) in [6, 6.07) is 10.6. The normalized spacial score (nSPS) is 12.1. The molecule has 0 saturated carbocycles. The average Bonchev–Trinajstić information content (AvgIpc) is 2.54. The topological polar surface area (TPSA) is 29.1 Å². The maximum absolute atomic E-state index is 11.9. The highest BCUT2D eigenvalue weighted by atomic mass is 16.1. The molecule has 1 amide bonds. The van der Waals surface area contributed by atoms with Gasteiger partial charge < -0.3 is 5.32 Å². The molecule has 0 bridgehead atoms. The van der Waals surface area contributed by atoms with Gasteiger partial charge in [-0.1, -0.05) is 88.6 Å². The van der Waals surface area contributed by atoms with Crippen LogP contribution in [0.3, 0.4) is 0 Å². The maximum atomic E-state index is 11.9. The zero-order chi connectivity index (χ0) is 16.8. The number of rotatable bonds is 13. The van der Waals surface area contributed by atoms with E-state index >= 15 is 0 Å². The summed E-state index contributed by atoms with van der Waals surface area (Å²) in [5, 5.41) is 3.11. The maximum Gasteiger partial charge on any atom is 0.220 e. The van der Waals surface area contributed by atoms with Crippen LogP contribution in [0.2, 0.25) is 0 Å². The summed E-state index contributed by atoms with van der Waals surface area (Å²) in [5.74, 6) is 0.205. The lowest BCUT2D eigenvalue weighted by atomic mass is 10.1. The molecule has 0 aliphatic heterocycles. The van der Waals surface area contributed by atoms with Gasteiger partial charge in [-0.15, -0.1) is 0 Å². The van der Waals surface area contributed by atoms with Gasteiger partial charge in [0.25, 0.3) is 0 Å². The quantitative estimate of drug-likeness (QED) is 0.468. The van der Waals surface area contributed by atoms with E-state index in [0.29, 0.717) is 6.42 Å². The van der Waals surface area contributed by atoms with Crippen molar-refractivity contribution in [1.29, 1.82) is 0 Å². The molecule has 0 aliphatic carbocycles. The molecule has 1 N–H and O–H groups in total. The summed E-state index contributed by atoms with van der Waals surface area (Å²) in [6.07, 6.45) is 13.2. The van der Waals surface area contributed by atoms with E-state index in [1.807, 2.05) is 18.2 Å². The molecule has 0 saturated heterocycles. The molecule has 0 aromatic heterocycles. The number of unbranched alkanes of at least 4 members (excludes halogenated alkanes) is 8. The first-order chi connectivity index (χ1) is 11.2. The molecule has 1 aromatic rings. The molecule has 0 heterocycles. The van der Waals surface area contributed by atoms with Crippen LogP contribution in [0.5, 0.6) is 0 Å². The molecule has 0 unspecified atom stereocenters. The van der Waals surface area contributed by atoms with E-state index in [2.05, 4.69) is 31.3 Å². The number of benzene rings is 1. The first-order valence-corrected chi connectivity index (χ1v) is 9.55. The summed E-state index contributed by atoms with van der Waals surface area (Å²) < 4.78 is 0. The zero-order valence-electron chi connectivity index (χ0n) is 15.2. The largest absolute Gasteiger partial charge is 0.353 e. The van der Waals surface area contributed by atoms with E-state index in [1.54, 1.807) is 0 Å². The van der Waals surface area contributed by atoms with Crippen LogP contribution in [-0.2, 0) is 11.2 Å². The van der Waals surface area contributed by atoms with Gasteiger partial charge in [0.1, 0.15) is 0 Å². The minimum atomic E-state index is 0.205. The molecule has 1 aromatic carbocycles. The predicted molar refractivity (Wildman–Crippen MR) is 99.6 cm³/mol. The predicted octanol–water partition coefficient (Wildman–Crippen LogP) is 5.65. The van der Waals surface area contributed by atoms with Crippen LogP contribution in [0.25, 0.3) is 0 Å². The Hall–Kier alpha value is -1.31. The van der Waals surface area contributed by atoms with E-state index in [0.717, 1.165) is 12.8 Å². The second kappa shape index (κ2) is 13.2. The lowest BCUT2D eigenvalue weighted by molar-refractivity contribution is -0.121. The summed E-state index contributed by atoms with van der Waals surface area (Å²) in [4.78, 5) is 11.9. The Balaban J connectivity index is 1.97. The zero-order valence-corrected chi connectivity index (χ0v) is 15.2. The monoisotopic (exact) mass is 317 g/mol. The van der Waals surface area contributed by atoms with Crippen LogP contribution >= 0.6 is 0 Å². The third kappa shape index (κ3) is 11.0. The van der Waals surface area contributed by atoms with Gasteiger partial charge in [0, 0.05) is 12.5 Å². The van der Waals surface area contributed by atoms with Crippen LogP contribution in [0, 0.1) is 0 Å². The van der Waals surface area contributed by atoms with Crippen LogP contribution in [-0.4, -0.2) is 11.9 Å². The summed E-state index contributed by atoms with van der Waals surface area (Å²) in [7, 11) is 0. The third-order valence-corrected chi connectivity index (χ3v) is 4.30. The van der Waals surface area contributed by atoms with Crippen molar-refractivity contribution in [2.24, 2.45) is 0 Å². The average molecular weight is 318 g/mol. The summed E-state index contributed by atoms with van der Waals surface area (Å²) in [6.45, 7) is 4.34. The second-order valence-corrected chi connectivity index (χ2v) is 6.74. The van der Waals surface area contributed by atoms with Crippen LogP contribution in [0.4, 0.5) is 0 Å². The molecule has 130 valence electrons. The molecule has 0 fully saturated rings. The fourth-order valence-electron chi connectivity index (χ4n) is 2.96. The highest BCUT2D eigenvalue weighted by molar-refractivity contribution is 5.76. The number of carbonyl (C=O) groups excluding carboxylic acids is 1. The molecule has 23 heavy (non-hydrogen) atoms. The van der Waals surface area contributed by atoms with Crippen LogP contribution in [0.15, 0.2) is 30.3 Å². The van der Waals surface area contributed by atoms with Crippen molar-refractivity contribution in [2.75, 3.05) is 0 Å². The van der Waals surface area contributed by atoms with Gasteiger partial charge in [0.2, 0.25) is 5.91 Å². The summed E-state index contributed by atoms with van der Waals surface area (Å²) in [5.41, 5.74) is 1.28. The molecule has 0 aliphatic rings. The first kappa shape index (κ1) is 19.7. The number of hydrogen-bond acceptors (Lipinski definition) is 1. The van der Waals surface area contributed by atoms with E-state index in [9.17, 15) is 4.79 Å². The number of nitrogens with one attached hydrogen (secondary N) is 1. The van der Waals surface area contributed by atoms with Crippen molar-refractivity contribution in [3.8, 4) is 0 Å². The minimum absolute atomic E-state index is 0.205. The van der Waals surface area contributed by atoms with Crippen LogP contribution < -0.4 is 5.32 Å². The second-order valence-electron chi connectivity index (χ2n) is 6.74. The SMILES string of the molecule is CCCCCCCCCCCC(=O)N[C@@H](C)Cc1ccccc1. The Morgan fingerprint density at radius 1 is 0.913 bits per heavy atom. The van der Waals surface area contributed by atoms with Gasteiger partial charge in [-0.3, -0.25) is 4.79 Å². The van der Waals surface area contributed by atoms with Crippen molar-refractivity contribution in [3.05, 3.63) is 35.9 Å². The number of hydrogen-bond donors (Lipinski definition) is 1. The Bertz CT molecular complexity index is 402. The van der Waals surface area contributed by atoms with E-state index in [4.69, 9.17) is 0 Å². The van der Waals surface area contributed by atoms with E-state index in [1.165, 1.54) is 56.9 Å². The molecule has 0 radical (unpaired) electrons. The van der Waals surface area contributed by atoms with Crippen molar-refractivity contribution in [1.82, 2.24) is 5.32 Å². The number of amides is 1. The summed E-state index contributed by atoms with van der Waals surface area (Å²) >= 11 is 0. The molecule has 2 heteroatoms. The van der Waals surface area contributed by atoms with Crippen molar-refractivity contribution in [3.63, 3.8) is 0 Å². The highest BCUT2D eigenvalue weighted by Gasteiger charge is 2.07. The molecule has 1 rings (SSSR count). The Morgan fingerprint density at radius 2 is 1.48 bits per heavy atom. The Labute approximate surface area is 143 Å². The van der Waals surface area contributed by atoms with E-state index in [-0.39, 0.29) is 11.9 Å². The lowest BCUT2D eigenvalue weighted by Gasteiger charge is -2.14. The van der Waals surface area contributed by atoms with E-state index < -0.39 is 0 Å². The molecule has 1 atom stereocenters. The fraction of sp³-hybridized carbons (Fsp3) is 0.667. The van der Waals surface area contributed by atoms with Crippen molar-refractivity contribution in [2.45, 2.75) is 90.5 Å². The Morgan fingerprint density at radius 3 is 2.09 bits per heavy atom. The van der Waals surface area contributed by atoms with Gasteiger partial charge in [-0.05, 0) is 25.3 Å². The van der Waals surface area contributed by atoms with Crippen LogP contribution in [0.1, 0.15) is 83.6 Å². The number of carbonyl (C=O) groups is 1. The van der Waals surface area contributed by atoms with Gasteiger partial charge in [0.15, 0.2) is 0 Å². The molecule has 2 nitrogen and oxygen atoms in total. The highest BCUT2D eigenvalue weighted by Crippen LogP contribution is 2.10. The lowest BCUT2D eigenvalue weighted by Crippen LogP contribution is -2.33. The minimum Gasteiger partial charge on any atom is -0.353 e. The van der Waals surface area contributed by atoms with Gasteiger partial charge in [0.05, 0.1) is 0 Å². The van der Waals surface area contributed by atoms with Gasteiger partial charge in [-0.2, -0.15) is 0 Å².